The van der Waals surface area contributed by atoms with Crippen molar-refractivity contribution in [3.63, 3.8) is 0 Å². The molecule has 5 nitrogen and oxygen atoms in total. The molecule has 1 atom stereocenters. The van der Waals surface area contributed by atoms with Gasteiger partial charge in [-0.25, -0.2) is 4.79 Å². The van der Waals surface area contributed by atoms with E-state index in [1.165, 1.54) is 10.9 Å². The van der Waals surface area contributed by atoms with E-state index in [0.29, 0.717) is 6.54 Å². The van der Waals surface area contributed by atoms with E-state index in [1.807, 2.05) is 55.3 Å². The molecule has 2 N–H and O–H groups in total. The van der Waals surface area contributed by atoms with Gasteiger partial charge >= 0.3 is 6.03 Å². The summed E-state index contributed by atoms with van der Waals surface area (Å²) in [7, 11) is 0. The summed E-state index contributed by atoms with van der Waals surface area (Å²) in [5.74, 6) is 0. The molecule has 2 aromatic heterocycles. The Kier molecular flexibility index (Phi) is 4.51. The van der Waals surface area contributed by atoms with Gasteiger partial charge in [-0.15, -0.1) is 0 Å². The SMILES string of the molecule is Cc1cc(C)cc(NC(=O)N2CCc3c([nH]c4ccccc34)[C@H]2c2cccnc2)c1. The molecule has 0 saturated heterocycles. The number of carbonyl (C=O) groups is 1. The maximum absolute atomic E-state index is 13.4. The Morgan fingerprint density at radius 2 is 1.90 bits per heavy atom. The van der Waals surface area contributed by atoms with Crippen LogP contribution in [0.3, 0.4) is 0 Å². The van der Waals surface area contributed by atoms with Gasteiger partial charge in [-0.05, 0) is 66.8 Å². The molecule has 1 aliphatic heterocycles. The average Bonchev–Trinajstić information content (AvgIpc) is 3.11. The van der Waals surface area contributed by atoms with Crippen LogP contribution in [-0.2, 0) is 6.42 Å². The van der Waals surface area contributed by atoms with Gasteiger partial charge in [-0.2, -0.15) is 0 Å². The highest BCUT2D eigenvalue weighted by atomic mass is 16.2. The second-order valence-corrected chi connectivity index (χ2v) is 8.00. The minimum atomic E-state index is -0.208. The van der Waals surface area contributed by atoms with Crippen molar-refractivity contribution in [2.75, 3.05) is 11.9 Å². The molecule has 4 aromatic rings. The van der Waals surface area contributed by atoms with Crippen molar-refractivity contribution >= 4 is 22.6 Å². The molecule has 0 unspecified atom stereocenters. The first-order valence-electron chi connectivity index (χ1n) is 10.3. The molecule has 0 bridgehead atoms. The highest BCUT2D eigenvalue weighted by Gasteiger charge is 2.34. The third kappa shape index (κ3) is 3.22. The van der Waals surface area contributed by atoms with Gasteiger partial charge < -0.3 is 15.2 Å². The second-order valence-electron chi connectivity index (χ2n) is 8.00. The molecule has 2 amide bonds. The number of carbonyl (C=O) groups excluding carboxylic acids is 1. The number of amides is 2. The number of benzene rings is 2. The predicted molar refractivity (Wildman–Crippen MR) is 120 cm³/mol. The molecule has 30 heavy (non-hydrogen) atoms. The van der Waals surface area contributed by atoms with Crippen molar-refractivity contribution in [2.24, 2.45) is 0 Å². The zero-order valence-corrected chi connectivity index (χ0v) is 17.1. The minimum absolute atomic E-state index is 0.0989. The Balaban J connectivity index is 1.56. The molecule has 0 saturated carbocycles. The highest BCUT2D eigenvalue weighted by Crippen LogP contribution is 2.38. The van der Waals surface area contributed by atoms with Crippen molar-refractivity contribution in [3.05, 3.63) is 94.9 Å². The molecule has 150 valence electrons. The van der Waals surface area contributed by atoms with Crippen molar-refractivity contribution in [3.8, 4) is 0 Å². The van der Waals surface area contributed by atoms with E-state index in [9.17, 15) is 4.79 Å². The first-order valence-corrected chi connectivity index (χ1v) is 10.3. The Labute approximate surface area is 175 Å². The number of aromatic nitrogens is 2. The number of H-pyrrole nitrogens is 1. The Morgan fingerprint density at radius 3 is 2.67 bits per heavy atom. The molecule has 0 fully saturated rings. The van der Waals surface area contributed by atoms with Crippen LogP contribution in [0.25, 0.3) is 10.9 Å². The van der Waals surface area contributed by atoms with E-state index in [2.05, 4.69) is 39.6 Å². The fourth-order valence-electron chi connectivity index (χ4n) is 4.59. The van der Waals surface area contributed by atoms with Crippen molar-refractivity contribution < 1.29 is 4.79 Å². The lowest BCUT2D eigenvalue weighted by atomic mass is 9.93. The van der Waals surface area contributed by atoms with Crippen LogP contribution in [0.5, 0.6) is 0 Å². The van der Waals surface area contributed by atoms with E-state index in [1.54, 1.807) is 6.20 Å². The third-order valence-electron chi connectivity index (χ3n) is 5.77. The molecule has 0 radical (unpaired) electrons. The topological polar surface area (TPSA) is 61.0 Å². The average molecular weight is 396 g/mol. The quantitative estimate of drug-likeness (QED) is 0.479. The van der Waals surface area contributed by atoms with Crippen LogP contribution in [0.1, 0.15) is 34.0 Å². The predicted octanol–water partition coefficient (Wildman–Crippen LogP) is 5.36. The Bertz CT molecular complexity index is 1210. The number of pyridine rings is 1. The van der Waals surface area contributed by atoms with Gasteiger partial charge in [0, 0.05) is 41.2 Å². The number of fused-ring (bicyclic) bond motifs is 3. The van der Waals surface area contributed by atoms with Crippen molar-refractivity contribution in [1.29, 1.82) is 0 Å². The monoisotopic (exact) mass is 396 g/mol. The fraction of sp³-hybridized carbons (Fsp3) is 0.200. The van der Waals surface area contributed by atoms with E-state index < -0.39 is 0 Å². The number of aryl methyl sites for hydroxylation is 2. The normalized spacial score (nSPS) is 15.8. The van der Waals surface area contributed by atoms with Gasteiger partial charge in [0.05, 0.1) is 0 Å². The highest BCUT2D eigenvalue weighted by molar-refractivity contribution is 5.91. The molecule has 5 rings (SSSR count). The Morgan fingerprint density at radius 1 is 1.10 bits per heavy atom. The lowest BCUT2D eigenvalue weighted by molar-refractivity contribution is 0.193. The van der Waals surface area contributed by atoms with Gasteiger partial charge in [0.1, 0.15) is 6.04 Å². The largest absolute Gasteiger partial charge is 0.356 e. The second kappa shape index (κ2) is 7.34. The smallest absolute Gasteiger partial charge is 0.322 e. The summed E-state index contributed by atoms with van der Waals surface area (Å²) >= 11 is 0. The van der Waals surface area contributed by atoms with Gasteiger partial charge in [-0.1, -0.05) is 30.3 Å². The molecule has 1 aliphatic rings. The zero-order chi connectivity index (χ0) is 20.7. The Hall–Kier alpha value is -3.60. The third-order valence-corrected chi connectivity index (χ3v) is 5.77. The number of nitrogens with zero attached hydrogens (tertiary/aromatic N) is 2. The van der Waals surface area contributed by atoms with Crippen LogP contribution in [0.15, 0.2) is 67.0 Å². The van der Waals surface area contributed by atoms with Crippen molar-refractivity contribution in [2.45, 2.75) is 26.3 Å². The molecular formula is C25H24N4O. The van der Waals surface area contributed by atoms with E-state index in [0.717, 1.165) is 40.0 Å². The summed E-state index contributed by atoms with van der Waals surface area (Å²) in [6, 6.07) is 18.1. The summed E-state index contributed by atoms with van der Waals surface area (Å²) in [6.07, 6.45) is 4.43. The number of aromatic amines is 1. The van der Waals surface area contributed by atoms with E-state index >= 15 is 0 Å². The molecule has 0 spiro atoms. The number of rotatable bonds is 2. The molecule has 2 aromatic carbocycles. The van der Waals surface area contributed by atoms with Crippen LogP contribution in [0, 0.1) is 13.8 Å². The maximum Gasteiger partial charge on any atom is 0.322 e. The summed E-state index contributed by atoms with van der Waals surface area (Å²) in [5, 5.41) is 4.34. The zero-order valence-electron chi connectivity index (χ0n) is 17.1. The van der Waals surface area contributed by atoms with Crippen molar-refractivity contribution in [1.82, 2.24) is 14.9 Å². The number of hydrogen-bond acceptors (Lipinski definition) is 2. The standard InChI is InChI=1S/C25H24N4O/c1-16-12-17(2)14-19(13-16)27-25(30)29-11-9-21-20-7-3-4-8-22(20)28-23(21)24(29)18-6-5-10-26-15-18/h3-8,10,12-15,24,28H,9,11H2,1-2H3,(H,27,30)/t24-/m1/s1. The number of urea groups is 1. The van der Waals surface area contributed by atoms with Gasteiger partial charge in [0.2, 0.25) is 0 Å². The van der Waals surface area contributed by atoms with Crippen LogP contribution >= 0.6 is 0 Å². The van der Waals surface area contributed by atoms with Gasteiger partial charge in [-0.3, -0.25) is 4.98 Å². The summed E-state index contributed by atoms with van der Waals surface area (Å²) < 4.78 is 0. The molecule has 0 aliphatic carbocycles. The molecule has 3 heterocycles. The van der Waals surface area contributed by atoms with Crippen LogP contribution in [0.2, 0.25) is 0 Å². The van der Waals surface area contributed by atoms with Crippen LogP contribution in [0.4, 0.5) is 10.5 Å². The lowest BCUT2D eigenvalue weighted by Crippen LogP contribution is -2.43. The summed E-state index contributed by atoms with van der Waals surface area (Å²) in [5.41, 5.74) is 7.55. The molecule has 5 heteroatoms. The van der Waals surface area contributed by atoms with E-state index in [-0.39, 0.29) is 12.1 Å². The molecular weight excluding hydrogens is 372 g/mol. The first-order chi connectivity index (χ1) is 14.6. The fourth-order valence-corrected chi connectivity index (χ4v) is 4.59. The first kappa shape index (κ1) is 18.4. The summed E-state index contributed by atoms with van der Waals surface area (Å²) in [6.45, 7) is 4.72. The van der Waals surface area contributed by atoms with Crippen LogP contribution < -0.4 is 5.32 Å². The minimum Gasteiger partial charge on any atom is -0.356 e. The number of nitrogens with one attached hydrogen (secondary N) is 2. The maximum atomic E-state index is 13.4. The number of para-hydroxylation sites is 1. The number of hydrogen-bond donors (Lipinski definition) is 2. The van der Waals surface area contributed by atoms with E-state index in [4.69, 9.17) is 0 Å². The summed E-state index contributed by atoms with van der Waals surface area (Å²) in [4.78, 5) is 23.2. The number of anilines is 1. The van der Waals surface area contributed by atoms with Gasteiger partial charge in [0.15, 0.2) is 0 Å². The van der Waals surface area contributed by atoms with Crippen LogP contribution in [-0.4, -0.2) is 27.4 Å². The lowest BCUT2D eigenvalue weighted by Gasteiger charge is -2.36. The van der Waals surface area contributed by atoms with Gasteiger partial charge in [0.25, 0.3) is 0 Å².